The zero-order valence-electron chi connectivity index (χ0n) is 17.7. The molecule has 1 amide bonds. The van der Waals surface area contributed by atoms with Gasteiger partial charge in [-0.1, -0.05) is 36.0 Å². The monoisotopic (exact) mass is 449 g/mol. The molecule has 164 valence electrons. The van der Waals surface area contributed by atoms with Crippen molar-refractivity contribution < 1.29 is 13.9 Å². The van der Waals surface area contributed by atoms with Crippen LogP contribution in [-0.2, 0) is 16.1 Å². The first kappa shape index (κ1) is 20.8. The van der Waals surface area contributed by atoms with Gasteiger partial charge in [0.1, 0.15) is 11.1 Å². The first-order valence-corrected chi connectivity index (χ1v) is 11.6. The predicted octanol–water partition coefficient (Wildman–Crippen LogP) is 4.36. The number of furan rings is 1. The SMILES string of the molecule is Cc1cccc(NC(=O)CSc2nc3c(oc4ccccc43)c(=O)n2C[C@H]2CCCO2)c1. The van der Waals surface area contributed by atoms with Gasteiger partial charge in [-0.3, -0.25) is 14.2 Å². The van der Waals surface area contributed by atoms with E-state index >= 15 is 0 Å². The second kappa shape index (κ2) is 8.80. The Labute approximate surface area is 188 Å². The number of ether oxygens (including phenoxy) is 1. The molecule has 1 aliphatic rings. The lowest BCUT2D eigenvalue weighted by atomic mass is 10.2. The highest BCUT2D eigenvalue weighted by atomic mass is 32.2. The van der Waals surface area contributed by atoms with Crippen LogP contribution in [0.4, 0.5) is 5.69 Å². The zero-order valence-corrected chi connectivity index (χ0v) is 18.5. The minimum Gasteiger partial charge on any atom is -0.448 e. The number of nitrogens with zero attached hydrogens (tertiary/aromatic N) is 2. The lowest BCUT2D eigenvalue weighted by Gasteiger charge is -2.15. The number of benzene rings is 2. The molecule has 1 saturated heterocycles. The molecule has 1 fully saturated rings. The molecule has 0 spiro atoms. The number of amides is 1. The standard InChI is InChI=1S/C24H23N3O4S/c1-15-6-4-7-16(12-15)25-20(28)14-32-24-26-21-18-9-2-3-10-19(18)31-22(21)23(29)27(24)13-17-8-5-11-30-17/h2-4,6-7,9-10,12,17H,5,8,11,13-14H2,1H3,(H,25,28)/t17-/m1/s1. The van der Waals surface area contributed by atoms with E-state index in [9.17, 15) is 9.59 Å². The molecular weight excluding hydrogens is 426 g/mol. The van der Waals surface area contributed by atoms with E-state index in [4.69, 9.17) is 14.1 Å². The van der Waals surface area contributed by atoms with Crippen molar-refractivity contribution in [3.63, 3.8) is 0 Å². The highest BCUT2D eigenvalue weighted by molar-refractivity contribution is 7.99. The Morgan fingerprint density at radius 2 is 2.12 bits per heavy atom. The number of aromatic nitrogens is 2. The average molecular weight is 450 g/mol. The molecule has 1 N–H and O–H groups in total. The number of para-hydroxylation sites is 1. The number of aryl methyl sites for hydroxylation is 1. The first-order chi connectivity index (χ1) is 15.6. The van der Waals surface area contributed by atoms with E-state index in [0.29, 0.717) is 29.4 Å². The van der Waals surface area contributed by atoms with Gasteiger partial charge in [0.15, 0.2) is 5.16 Å². The van der Waals surface area contributed by atoms with Crippen molar-refractivity contribution in [3.05, 3.63) is 64.4 Å². The van der Waals surface area contributed by atoms with E-state index < -0.39 is 0 Å². The summed E-state index contributed by atoms with van der Waals surface area (Å²) in [5.41, 5.74) is 2.95. The van der Waals surface area contributed by atoms with Crippen LogP contribution in [0.1, 0.15) is 18.4 Å². The normalized spacial score (nSPS) is 16.1. The van der Waals surface area contributed by atoms with Gasteiger partial charge in [-0.15, -0.1) is 0 Å². The minimum atomic E-state index is -0.247. The van der Waals surface area contributed by atoms with Gasteiger partial charge in [0.2, 0.25) is 11.5 Å². The van der Waals surface area contributed by atoms with Gasteiger partial charge in [0.05, 0.1) is 18.4 Å². The van der Waals surface area contributed by atoms with Crippen molar-refractivity contribution in [1.29, 1.82) is 0 Å². The van der Waals surface area contributed by atoms with Crippen LogP contribution in [0, 0.1) is 6.92 Å². The maximum absolute atomic E-state index is 13.3. The molecule has 0 unspecified atom stereocenters. The Bertz CT molecular complexity index is 1350. The summed E-state index contributed by atoms with van der Waals surface area (Å²) in [6, 6.07) is 15.1. The summed E-state index contributed by atoms with van der Waals surface area (Å²) in [7, 11) is 0. The second-order valence-corrected chi connectivity index (χ2v) is 8.87. The third kappa shape index (κ3) is 4.16. The average Bonchev–Trinajstić information content (AvgIpc) is 3.42. The molecular formula is C24H23N3O4S. The molecule has 32 heavy (non-hydrogen) atoms. The van der Waals surface area contributed by atoms with Gasteiger partial charge in [-0.2, -0.15) is 0 Å². The number of nitrogens with one attached hydrogen (secondary N) is 1. The van der Waals surface area contributed by atoms with Gasteiger partial charge in [0.25, 0.3) is 5.56 Å². The van der Waals surface area contributed by atoms with E-state index in [0.717, 1.165) is 29.5 Å². The number of rotatable bonds is 6. The molecule has 8 heteroatoms. The third-order valence-corrected chi connectivity index (χ3v) is 6.47. The van der Waals surface area contributed by atoms with E-state index in [1.54, 1.807) is 4.57 Å². The molecule has 0 aliphatic carbocycles. The molecule has 3 heterocycles. The Kier molecular flexibility index (Phi) is 5.71. The molecule has 4 aromatic rings. The van der Waals surface area contributed by atoms with Crippen molar-refractivity contribution in [3.8, 4) is 0 Å². The smallest absolute Gasteiger partial charge is 0.297 e. The van der Waals surface area contributed by atoms with Crippen LogP contribution in [0.5, 0.6) is 0 Å². The van der Waals surface area contributed by atoms with Crippen LogP contribution in [0.25, 0.3) is 22.1 Å². The van der Waals surface area contributed by atoms with Crippen LogP contribution in [0.2, 0.25) is 0 Å². The molecule has 0 bridgehead atoms. The van der Waals surface area contributed by atoms with Gasteiger partial charge in [-0.25, -0.2) is 4.98 Å². The van der Waals surface area contributed by atoms with Crippen molar-refractivity contribution in [1.82, 2.24) is 9.55 Å². The van der Waals surface area contributed by atoms with Gasteiger partial charge in [0, 0.05) is 17.7 Å². The van der Waals surface area contributed by atoms with Crippen LogP contribution >= 0.6 is 11.8 Å². The van der Waals surface area contributed by atoms with E-state index in [2.05, 4.69) is 5.32 Å². The molecule has 1 atom stereocenters. The first-order valence-electron chi connectivity index (χ1n) is 10.6. The number of hydrogen-bond donors (Lipinski definition) is 1. The second-order valence-electron chi connectivity index (χ2n) is 7.93. The van der Waals surface area contributed by atoms with Gasteiger partial charge < -0.3 is 14.5 Å². The van der Waals surface area contributed by atoms with Gasteiger partial charge in [-0.05, 0) is 49.6 Å². The summed E-state index contributed by atoms with van der Waals surface area (Å²) < 4.78 is 13.2. The number of carbonyl (C=O) groups excluding carboxylic acids is 1. The molecule has 5 rings (SSSR count). The summed E-state index contributed by atoms with van der Waals surface area (Å²) in [6.07, 6.45) is 1.82. The van der Waals surface area contributed by atoms with Crippen molar-refractivity contribution in [2.75, 3.05) is 17.7 Å². The highest BCUT2D eigenvalue weighted by Crippen LogP contribution is 2.28. The zero-order chi connectivity index (χ0) is 22.1. The van der Waals surface area contributed by atoms with Crippen molar-refractivity contribution in [2.24, 2.45) is 0 Å². The lowest BCUT2D eigenvalue weighted by molar-refractivity contribution is -0.113. The van der Waals surface area contributed by atoms with Crippen LogP contribution < -0.4 is 10.9 Å². The summed E-state index contributed by atoms with van der Waals surface area (Å²) in [5, 5.41) is 4.18. The van der Waals surface area contributed by atoms with Crippen molar-refractivity contribution in [2.45, 2.75) is 37.6 Å². The fraction of sp³-hybridized carbons (Fsp3) is 0.292. The fourth-order valence-electron chi connectivity index (χ4n) is 3.97. The number of hydrogen-bond acceptors (Lipinski definition) is 6. The van der Waals surface area contributed by atoms with Crippen LogP contribution in [-0.4, -0.2) is 33.9 Å². The maximum Gasteiger partial charge on any atom is 0.297 e. The highest BCUT2D eigenvalue weighted by Gasteiger charge is 2.23. The molecule has 0 saturated carbocycles. The van der Waals surface area contributed by atoms with Crippen molar-refractivity contribution >= 4 is 45.4 Å². The van der Waals surface area contributed by atoms with Crippen LogP contribution in [0.3, 0.4) is 0 Å². The Hall–Kier alpha value is -3.10. The lowest BCUT2D eigenvalue weighted by Crippen LogP contribution is -2.29. The number of thioether (sulfide) groups is 1. The van der Waals surface area contributed by atoms with E-state index in [1.165, 1.54) is 11.8 Å². The summed E-state index contributed by atoms with van der Waals surface area (Å²) in [6.45, 7) is 3.06. The molecule has 2 aromatic heterocycles. The molecule has 1 aliphatic heterocycles. The Morgan fingerprint density at radius 3 is 2.94 bits per heavy atom. The number of fused-ring (bicyclic) bond motifs is 3. The van der Waals surface area contributed by atoms with E-state index in [-0.39, 0.29) is 28.9 Å². The molecule has 2 aromatic carbocycles. The third-order valence-electron chi connectivity index (χ3n) is 5.49. The van der Waals surface area contributed by atoms with Gasteiger partial charge >= 0.3 is 0 Å². The summed E-state index contributed by atoms with van der Waals surface area (Å²) in [4.78, 5) is 30.7. The molecule has 7 nitrogen and oxygen atoms in total. The number of anilines is 1. The predicted molar refractivity (Wildman–Crippen MR) is 125 cm³/mol. The topological polar surface area (TPSA) is 86.4 Å². The van der Waals surface area contributed by atoms with Crippen LogP contribution in [0.15, 0.2) is 62.9 Å². The Morgan fingerprint density at radius 1 is 1.25 bits per heavy atom. The molecule has 0 radical (unpaired) electrons. The fourth-order valence-corrected chi connectivity index (χ4v) is 4.77. The minimum absolute atomic E-state index is 0.0446. The summed E-state index contributed by atoms with van der Waals surface area (Å²) in [5.74, 6) is -0.0247. The Balaban J connectivity index is 1.47. The maximum atomic E-state index is 13.3. The quantitative estimate of drug-likeness (QED) is 0.348. The van der Waals surface area contributed by atoms with E-state index in [1.807, 2.05) is 55.5 Å². The number of carbonyl (C=O) groups is 1. The summed E-state index contributed by atoms with van der Waals surface area (Å²) >= 11 is 1.25. The largest absolute Gasteiger partial charge is 0.448 e.